The predicted molar refractivity (Wildman–Crippen MR) is 157 cm³/mol. The van der Waals surface area contributed by atoms with Crippen molar-refractivity contribution in [2.24, 2.45) is 5.92 Å². The van der Waals surface area contributed by atoms with E-state index in [1.165, 1.54) is 30.3 Å². The van der Waals surface area contributed by atoms with Gasteiger partial charge in [-0.1, -0.05) is 12.1 Å². The number of nitrogens with one attached hydrogen (secondary N) is 2. The van der Waals surface area contributed by atoms with Crippen LogP contribution in [-0.2, 0) is 16.6 Å². The maximum atomic E-state index is 15.1. The van der Waals surface area contributed by atoms with E-state index in [1.807, 2.05) is 14.1 Å². The Bertz CT molecular complexity index is 1810. The van der Waals surface area contributed by atoms with Crippen LogP contribution in [0.5, 0.6) is 0 Å². The summed E-state index contributed by atoms with van der Waals surface area (Å²) >= 11 is 0. The Morgan fingerprint density at radius 3 is 2.50 bits per heavy atom. The number of sulfonamides is 1. The number of rotatable bonds is 7. The van der Waals surface area contributed by atoms with Crippen LogP contribution in [0.4, 0.5) is 14.6 Å². The molecule has 0 saturated heterocycles. The van der Waals surface area contributed by atoms with Crippen molar-refractivity contribution in [3.8, 4) is 28.2 Å². The largest absolute Gasteiger partial charge is 0.369 e. The minimum atomic E-state index is -4.04. The molecule has 0 saturated carbocycles. The summed E-state index contributed by atoms with van der Waals surface area (Å²) in [5.74, 6) is -0.744. The predicted octanol–water partition coefficient (Wildman–Crippen LogP) is 3.72. The first kappa shape index (κ1) is 29.5. The molecule has 1 unspecified atom stereocenters. The highest BCUT2D eigenvalue weighted by Crippen LogP contribution is 2.39. The average Bonchev–Trinajstić information content (AvgIpc) is 3.25. The van der Waals surface area contributed by atoms with Gasteiger partial charge in [0.1, 0.15) is 28.0 Å². The number of nitrogens with zero attached hydrogens (tertiary/aromatic N) is 5. The van der Waals surface area contributed by atoms with Gasteiger partial charge in [-0.2, -0.15) is 14.9 Å². The van der Waals surface area contributed by atoms with Crippen molar-refractivity contribution in [3.05, 3.63) is 76.6 Å². The second-order valence-corrected chi connectivity index (χ2v) is 13.3. The lowest BCUT2D eigenvalue weighted by Crippen LogP contribution is -2.41. The molecule has 10 nitrogen and oxygen atoms in total. The lowest BCUT2D eigenvalue weighted by Gasteiger charge is -2.27. The van der Waals surface area contributed by atoms with Crippen molar-refractivity contribution in [2.45, 2.75) is 37.8 Å². The summed E-state index contributed by atoms with van der Waals surface area (Å²) < 4.78 is 60.9. The highest BCUT2D eigenvalue weighted by molar-refractivity contribution is 7.89. The molecule has 42 heavy (non-hydrogen) atoms. The second-order valence-electron chi connectivity index (χ2n) is 11.7. The molecule has 0 spiro atoms. The smallest absolute Gasteiger partial charge is 0.271 e. The molecule has 1 aliphatic rings. The molecule has 13 heteroatoms. The van der Waals surface area contributed by atoms with Gasteiger partial charge < -0.3 is 10.2 Å². The number of anilines is 1. The summed E-state index contributed by atoms with van der Waals surface area (Å²) in [4.78, 5) is 15.1. The lowest BCUT2D eigenvalue weighted by atomic mass is 10.0. The van der Waals surface area contributed by atoms with Gasteiger partial charge in [0.15, 0.2) is 0 Å². The standard InChI is InChI=1S/C29H33F2N7O3S/c1-29(2,3)35-42(40,41)24-9-7-6-8-23(24)38-25(39)13-12-22(33-38)26-27(20-11-10-19(30)14-21(20)31)34-37-17-18(16-36(4)5)15-32-28(26)37/h6-14,18,32,35H,15-17H2,1-5H3. The van der Waals surface area contributed by atoms with Gasteiger partial charge in [0.25, 0.3) is 5.56 Å². The van der Waals surface area contributed by atoms with Crippen LogP contribution in [0.25, 0.3) is 28.2 Å². The molecule has 5 rings (SSSR count). The molecule has 2 N–H and O–H groups in total. The number of halogens is 2. The summed E-state index contributed by atoms with van der Waals surface area (Å²) in [6.45, 7) is 7.09. The minimum Gasteiger partial charge on any atom is -0.369 e. The molecule has 1 aliphatic heterocycles. The maximum Gasteiger partial charge on any atom is 0.271 e. The summed E-state index contributed by atoms with van der Waals surface area (Å²) in [6.07, 6.45) is 0. The van der Waals surface area contributed by atoms with E-state index in [0.29, 0.717) is 24.5 Å². The minimum absolute atomic E-state index is 0.0515. The SMILES string of the molecule is CN(C)CC1CNc2c(-c3ccc(=O)n(-c4ccccc4S(=O)(=O)NC(C)(C)C)n3)c(-c3ccc(F)cc3F)nn2C1. The number of fused-ring (bicyclic) bond motifs is 1. The summed E-state index contributed by atoms with van der Waals surface area (Å²) in [5, 5.41) is 12.7. The van der Waals surface area contributed by atoms with Crippen molar-refractivity contribution in [1.82, 2.24) is 29.2 Å². The van der Waals surface area contributed by atoms with Crippen LogP contribution >= 0.6 is 0 Å². The number of hydrogen-bond acceptors (Lipinski definition) is 7. The third-order valence-corrected chi connectivity index (χ3v) is 8.44. The van der Waals surface area contributed by atoms with E-state index in [0.717, 1.165) is 23.4 Å². The van der Waals surface area contributed by atoms with Gasteiger partial charge in [0, 0.05) is 48.8 Å². The first-order valence-corrected chi connectivity index (χ1v) is 14.9. The quantitative estimate of drug-likeness (QED) is 0.334. The van der Waals surface area contributed by atoms with Gasteiger partial charge in [0.05, 0.1) is 16.9 Å². The van der Waals surface area contributed by atoms with Gasteiger partial charge in [-0.25, -0.2) is 26.6 Å². The third-order valence-electron chi connectivity index (χ3n) is 6.63. The van der Waals surface area contributed by atoms with Crippen LogP contribution in [0, 0.1) is 17.6 Å². The monoisotopic (exact) mass is 597 g/mol. The van der Waals surface area contributed by atoms with Crippen LogP contribution in [-0.4, -0.2) is 65.6 Å². The fourth-order valence-corrected chi connectivity index (χ4v) is 6.71. The third kappa shape index (κ3) is 5.98. The molecule has 222 valence electrons. The van der Waals surface area contributed by atoms with Crippen molar-refractivity contribution in [2.75, 3.05) is 32.5 Å². The van der Waals surface area contributed by atoms with E-state index in [2.05, 4.69) is 20.0 Å². The molecule has 2 aromatic carbocycles. The first-order valence-electron chi connectivity index (χ1n) is 13.4. The van der Waals surface area contributed by atoms with Gasteiger partial charge in [0.2, 0.25) is 10.0 Å². The second kappa shape index (κ2) is 11.0. The highest BCUT2D eigenvalue weighted by Gasteiger charge is 2.30. The Labute approximate surface area is 243 Å². The van der Waals surface area contributed by atoms with E-state index in [4.69, 9.17) is 5.10 Å². The number of benzene rings is 2. The van der Waals surface area contributed by atoms with Crippen molar-refractivity contribution < 1.29 is 17.2 Å². The van der Waals surface area contributed by atoms with Crippen molar-refractivity contribution in [3.63, 3.8) is 0 Å². The molecule has 0 aliphatic carbocycles. The molecular formula is C29H33F2N7O3S. The highest BCUT2D eigenvalue weighted by atomic mass is 32.2. The van der Waals surface area contributed by atoms with Gasteiger partial charge in [-0.3, -0.25) is 4.79 Å². The molecular weight excluding hydrogens is 564 g/mol. The average molecular weight is 598 g/mol. The van der Waals surface area contributed by atoms with Crippen LogP contribution in [0.3, 0.4) is 0 Å². The van der Waals surface area contributed by atoms with E-state index < -0.39 is 32.8 Å². The molecule has 0 radical (unpaired) electrons. The van der Waals surface area contributed by atoms with E-state index in [1.54, 1.807) is 37.6 Å². The molecule has 4 aromatic rings. The number of para-hydroxylation sites is 1. The van der Waals surface area contributed by atoms with E-state index in [-0.39, 0.29) is 33.5 Å². The number of aromatic nitrogens is 4. The molecule has 0 bridgehead atoms. The van der Waals surface area contributed by atoms with Gasteiger partial charge >= 0.3 is 0 Å². The maximum absolute atomic E-state index is 15.1. The Morgan fingerprint density at radius 2 is 1.81 bits per heavy atom. The Hall–Kier alpha value is -3.94. The normalized spacial score (nSPS) is 15.5. The Morgan fingerprint density at radius 1 is 1.07 bits per heavy atom. The lowest BCUT2D eigenvalue weighted by molar-refractivity contribution is 0.293. The van der Waals surface area contributed by atoms with Gasteiger partial charge in [-0.15, -0.1) is 0 Å². The number of hydrogen-bond donors (Lipinski definition) is 2. The summed E-state index contributed by atoms with van der Waals surface area (Å²) in [5.41, 5.74) is -0.338. The Kier molecular flexibility index (Phi) is 7.77. The van der Waals surface area contributed by atoms with Gasteiger partial charge in [-0.05, 0) is 65.2 Å². The summed E-state index contributed by atoms with van der Waals surface area (Å²) in [7, 11) is -0.0837. The van der Waals surface area contributed by atoms with E-state index >= 15 is 4.39 Å². The topological polar surface area (TPSA) is 114 Å². The zero-order valence-electron chi connectivity index (χ0n) is 24.0. The van der Waals surface area contributed by atoms with Crippen LogP contribution in [0.15, 0.2) is 64.3 Å². The van der Waals surface area contributed by atoms with Crippen LogP contribution in [0.2, 0.25) is 0 Å². The summed E-state index contributed by atoms with van der Waals surface area (Å²) in [6, 6.07) is 12.1. The fourth-order valence-electron chi connectivity index (χ4n) is 5.11. The first-order chi connectivity index (χ1) is 19.7. The van der Waals surface area contributed by atoms with Crippen LogP contribution < -0.4 is 15.6 Å². The molecule has 0 fully saturated rings. The zero-order valence-corrected chi connectivity index (χ0v) is 24.8. The fraction of sp³-hybridized carbons (Fsp3) is 0.345. The molecule has 3 heterocycles. The van der Waals surface area contributed by atoms with Crippen molar-refractivity contribution in [1.29, 1.82) is 0 Å². The Balaban J connectivity index is 1.70. The zero-order chi connectivity index (χ0) is 30.4. The van der Waals surface area contributed by atoms with Crippen molar-refractivity contribution >= 4 is 15.8 Å². The van der Waals surface area contributed by atoms with E-state index in [9.17, 15) is 17.6 Å². The molecule has 0 amide bonds. The van der Waals surface area contributed by atoms with Crippen LogP contribution in [0.1, 0.15) is 20.8 Å². The molecule has 2 aromatic heterocycles. The molecule has 1 atom stereocenters.